The van der Waals surface area contributed by atoms with Gasteiger partial charge in [0.05, 0.1) is 0 Å². The van der Waals surface area contributed by atoms with Gasteiger partial charge in [-0.1, -0.05) is 55.4 Å². The molecule has 0 spiro atoms. The molecular weight excluding hydrogens is 282 g/mol. The van der Waals surface area contributed by atoms with Crippen LogP contribution in [0.1, 0.15) is 53.9 Å². The maximum Gasteiger partial charge on any atom is 0.174 e. The molecule has 0 heterocycles. The average molecular weight is 313 g/mol. The Morgan fingerprint density at radius 1 is 1.13 bits per heavy atom. The summed E-state index contributed by atoms with van der Waals surface area (Å²) in [5.74, 6) is 0. The van der Waals surface area contributed by atoms with E-state index < -0.39 is 0 Å². The van der Waals surface area contributed by atoms with Crippen molar-refractivity contribution in [2.45, 2.75) is 53.9 Å². The first-order chi connectivity index (χ1) is 10.7. The molecule has 0 amide bonds. The summed E-state index contributed by atoms with van der Waals surface area (Å²) in [6.45, 7) is 11.0. The van der Waals surface area contributed by atoms with Crippen molar-refractivity contribution in [3.8, 4) is 0 Å². The molecule has 0 bridgehead atoms. The molecule has 0 fully saturated rings. The van der Waals surface area contributed by atoms with Crippen LogP contribution < -0.4 is 0 Å². The van der Waals surface area contributed by atoms with Gasteiger partial charge in [-0.2, -0.15) is 0 Å². The van der Waals surface area contributed by atoms with Gasteiger partial charge in [0.25, 0.3) is 0 Å². The van der Waals surface area contributed by atoms with Crippen molar-refractivity contribution < 1.29 is 4.74 Å². The minimum Gasteiger partial charge on any atom is -0.624 e. The molecular formula is C21H31NO. The number of rotatable bonds is 5. The monoisotopic (exact) mass is 313 g/mol. The molecule has 0 radical (unpaired) electrons. The Labute approximate surface area is 141 Å². The molecule has 0 saturated carbocycles. The fraction of sp³-hybridized carbons (Fsp3) is 0.476. The summed E-state index contributed by atoms with van der Waals surface area (Å²) in [5, 5.41) is 10.8. The van der Waals surface area contributed by atoms with Crippen molar-refractivity contribution in [3.05, 3.63) is 64.0 Å². The smallest absolute Gasteiger partial charge is 0.174 e. The van der Waals surface area contributed by atoms with E-state index >= 15 is 0 Å². The van der Waals surface area contributed by atoms with Gasteiger partial charge in [0.1, 0.15) is 7.05 Å². The van der Waals surface area contributed by atoms with E-state index in [1.807, 2.05) is 19.1 Å². The topological polar surface area (TPSA) is 26.1 Å². The molecule has 1 aliphatic carbocycles. The zero-order chi connectivity index (χ0) is 17.5. The second-order valence-electron chi connectivity index (χ2n) is 7.14. The van der Waals surface area contributed by atoms with Gasteiger partial charge in [0.2, 0.25) is 0 Å². The van der Waals surface area contributed by atoms with Crippen molar-refractivity contribution in [2.75, 3.05) is 7.05 Å². The Kier molecular flexibility index (Phi) is 7.28. The van der Waals surface area contributed by atoms with Crippen molar-refractivity contribution in [2.24, 2.45) is 5.41 Å². The van der Waals surface area contributed by atoms with Gasteiger partial charge >= 0.3 is 0 Å². The number of hydrogen-bond donors (Lipinski definition) is 0. The van der Waals surface area contributed by atoms with Crippen LogP contribution in [-0.2, 0) is 0 Å². The summed E-state index contributed by atoms with van der Waals surface area (Å²) < 4.78 is 0.795. The summed E-state index contributed by atoms with van der Waals surface area (Å²) >= 11 is 0. The average Bonchev–Trinajstić information content (AvgIpc) is 2.44. The van der Waals surface area contributed by atoms with Crippen LogP contribution in [0.15, 0.2) is 58.7 Å². The summed E-state index contributed by atoms with van der Waals surface area (Å²) in [4.78, 5) is 0. The van der Waals surface area contributed by atoms with Crippen LogP contribution in [0.2, 0.25) is 0 Å². The first kappa shape index (κ1) is 19.2. The molecule has 0 aromatic rings. The third-order valence-corrected chi connectivity index (χ3v) is 4.32. The standard InChI is InChI=1S/C21H31NO/c1-17(9-7-10-18(2)14-16-22(6)23)12-13-20-19(3)11-8-15-21(20,4)5/h7,9-10,12-14,16H,8,11,15H2,1-6H3/b10-7+,13-12?,17-9?,18-14+,22-16-. The van der Waals surface area contributed by atoms with Crippen molar-refractivity contribution in [1.82, 2.24) is 0 Å². The number of hydrogen-bond acceptors (Lipinski definition) is 1. The van der Waals surface area contributed by atoms with Gasteiger partial charge in [0.15, 0.2) is 6.21 Å². The number of nitrogens with zero attached hydrogens (tertiary/aromatic N) is 1. The molecule has 23 heavy (non-hydrogen) atoms. The first-order valence-corrected chi connectivity index (χ1v) is 8.37. The van der Waals surface area contributed by atoms with Crippen molar-refractivity contribution >= 4 is 6.21 Å². The summed E-state index contributed by atoms with van der Waals surface area (Å²) in [6.07, 6.45) is 17.7. The minimum atomic E-state index is 0.286. The van der Waals surface area contributed by atoms with Gasteiger partial charge in [-0.15, -0.1) is 0 Å². The summed E-state index contributed by atoms with van der Waals surface area (Å²) in [6, 6.07) is 0. The van der Waals surface area contributed by atoms with Gasteiger partial charge < -0.3 is 5.21 Å². The van der Waals surface area contributed by atoms with Crippen LogP contribution in [-0.4, -0.2) is 18.0 Å². The van der Waals surface area contributed by atoms with Crippen LogP contribution >= 0.6 is 0 Å². The van der Waals surface area contributed by atoms with E-state index in [1.54, 1.807) is 6.08 Å². The highest BCUT2D eigenvalue weighted by Gasteiger charge is 2.26. The van der Waals surface area contributed by atoms with E-state index in [-0.39, 0.29) is 5.41 Å². The van der Waals surface area contributed by atoms with E-state index in [1.165, 1.54) is 49.2 Å². The van der Waals surface area contributed by atoms with E-state index in [9.17, 15) is 5.21 Å². The van der Waals surface area contributed by atoms with E-state index in [4.69, 9.17) is 0 Å². The molecule has 2 nitrogen and oxygen atoms in total. The molecule has 0 aromatic heterocycles. The van der Waals surface area contributed by atoms with Crippen LogP contribution in [0.4, 0.5) is 0 Å². The second kappa shape index (κ2) is 8.71. The lowest BCUT2D eigenvalue weighted by Gasteiger charge is -2.32. The van der Waals surface area contributed by atoms with Gasteiger partial charge in [-0.05, 0) is 56.6 Å². The Hall–Kier alpha value is -1.83. The fourth-order valence-corrected chi connectivity index (χ4v) is 2.91. The zero-order valence-corrected chi connectivity index (χ0v) is 15.5. The van der Waals surface area contributed by atoms with Crippen molar-refractivity contribution in [3.63, 3.8) is 0 Å². The molecule has 0 aliphatic heterocycles. The zero-order valence-electron chi connectivity index (χ0n) is 15.5. The third kappa shape index (κ3) is 6.85. The number of hydroxylamine groups is 1. The summed E-state index contributed by atoms with van der Waals surface area (Å²) in [7, 11) is 1.48. The molecule has 0 atom stereocenters. The lowest BCUT2D eigenvalue weighted by molar-refractivity contribution is -0.416. The Morgan fingerprint density at radius 2 is 1.78 bits per heavy atom. The number of allylic oxidation sites excluding steroid dienone is 10. The Morgan fingerprint density at radius 3 is 2.39 bits per heavy atom. The van der Waals surface area contributed by atoms with Crippen LogP contribution in [0.5, 0.6) is 0 Å². The summed E-state index contributed by atoms with van der Waals surface area (Å²) in [5.41, 5.74) is 5.57. The molecule has 0 N–H and O–H groups in total. The normalized spacial score (nSPS) is 20.9. The van der Waals surface area contributed by atoms with E-state index in [0.29, 0.717) is 0 Å². The van der Waals surface area contributed by atoms with E-state index in [2.05, 4.69) is 45.9 Å². The molecule has 0 aromatic carbocycles. The van der Waals surface area contributed by atoms with Gasteiger partial charge in [0, 0.05) is 6.08 Å². The molecule has 1 rings (SSSR count). The quantitative estimate of drug-likeness (QED) is 0.209. The van der Waals surface area contributed by atoms with Crippen LogP contribution in [0.25, 0.3) is 0 Å². The SMILES string of the molecule is CC(C=CC1=C(C)CCCC1(C)C)=C/C=C/C(C)=C/C=[N+](/C)[O-]. The highest BCUT2D eigenvalue weighted by Crippen LogP contribution is 2.40. The van der Waals surface area contributed by atoms with Crippen LogP contribution in [0, 0.1) is 10.6 Å². The minimum absolute atomic E-state index is 0.286. The lowest BCUT2D eigenvalue weighted by atomic mass is 9.72. The van der Waals surface area contributed by atoms with Gasteiger partial charge in [-0.3, -0.25) is 0 Å². The highest BCUT2D eigenvalue weighted by atomic mass is 16.5. The Balaban J connectivity index is 2.77. The lowest BCUT2D eigenvalue weighted by Crippen LogP contribution is -2.19. The third-order valence-electron chi connectivity index (χ3n) is 4.32. The second-order valence-corrected chi connectivity index (χ2v) is 7.14. The molecule has 0 saturated heterocycles. The molecule has 1 aliphatic rings. The fourth-order valence-electron chi connectivity index (χ4n) is 2.91. The first-order valence-electron chi connectivity index (χ1n) is 8.37. The van der Waals surface area contributed by atoms with E-state index in [0.717, 1.165) is 10.3 Å². The Bertz CT molecular complexity index is 591. The largest absolute Gasteiger partial charge is 0.624 e. The predicted molar refractivity (Wildman–Crippen MR) is 102 cm³/mol. The molecule has 126 valence electrons. The predicted octanol–water partition coefficient (Wildman–Crippen LogP) is 5.73. The maximum absolute atomic E-state index is 10.8. The van der Waals surface area contributed by atoms with Crippen molar-refractivity contribution in [1.29, 1.82) is 0 Å². The highest BCUT2D eigenvalue weighted by molar-refractivity contribution is 5.68. The molecule has 0 unspecified atom stereocenters. The maximum atomic E-state index is 10.8. The van der Waals surface area contributed by atoms with Gasteiger partial charge in [-0.25, -0.2) is 4.74 Å². The van der Waals surface area contributed by atoms with Crippen LogP contribution in [0.3, 0.4) is 0 Å². The molecule has 2 heteroatoms.